The molecule has 0 saturated heterocycles. The third-order valence-corrected chi connectivity index (χ3v) is 10.4. The van der Waals surface area contributed by atoms with Gasteiger partial charge in [-0.15, -0.1) is 0 Å². The molecule has 1 nitrogen and oxygen atoms in total. The highest BCUT2D eigenvalue weighted by Gasteiger charge is 2.19. The molecule has 0 aliphatic heterocycles. The van der Waals surface area contributed by atoms with Gasteiger partial charge in [-0.1, -0.05) is 133 Å². The molecule has 0 aliphatic rings. The van der Waals surface area contributed by atoms with Crippen molar-refractivity contribution in [1.82, 2.24) is 0 Å². The predicted octanol–water partition coefficient (Wildman–Crippen LogP) is 13.3. The highest BCUT2D eigenvalue weighted by Crippen LogP contribution is 2.45. The van der Waals surface area contributed by atoms with Crippen LogP contribution in [0.1, 0.15) is 0 Å². The maximum Gasteiger partial charge on any atom is 0.143 e. The van der Waals surface area contributed by atoms with Crippen LogP contribution in [0, 0.1) is 0 Å². The predicted molar refractivity (Wildman–Crippen MR) is 201 cm³/mol. The van der Waals surface area contributed by atoms with Crippen molar-refractivity contribution >= 4 is 86.6 Å². The second-order valence-corrected chi connectivity index (χ2v) is 12.9. The maximum absolute atomic E-state index is 6.92. The second-order valence-electron chi connectivity index (χ2n) is 12.9. The first-order chi connectivity index (χ1) is 23.3. The standard InChI is InChI=1S/C46H26O/c1-3-10-35-27(6-1)12-13-29-14-17-33(24-40(29)35)41-25-34(26-42-39-23-18-28-7-2-4-11-37(28)45(39)47-46(41)42)36-21-19-32-16-15-30-8-5-9-31-20-22-38(36)44(32)43(30)31/h1-26H. The summed E-state index contributed by atoms with van der Waals surface area (Å²) in [5.41, 5.74) is 6.57. The highest BCUT2D eigenvalue weighted by atomic mass is 16.3. The van der Waals surface area contributed by atoms with E-state index in [4.69, 9.17) is 4.42 Å². The van der Waals surface area contributed by atoms with Crippen LogP contribution in [0.2, 0.25) is 0 Å². The quantitative estimate of drug-likeness (QED) is 0.182. The molecular weight excluding hydrogens is 569 g/mol. The van der Waals surface area contributed by atoms with E-state index in [9.17, 15) is 0 Å². The summed E-state index contributed by atoms with van der Waals surface area (Å²) in [5.74, 6) is 0. The summed E-state index contributed by atoms with van der Waals surface area (Å²) in [6.07, 6.45) is 0. The lowest BCUT2D eigenvalue weighted by Gasteiger charge is -2.15. The lowest BCUT2D eigenvalue weighted by molar-refractivity contribution is 0.674. The van der Waals surface area contributed by atoms with Crippen molar-refractivity contribution in [2.24, 2.45) is 0 Å². The van der Waals surface area contributed by atoms with Crippen LogP contribution in [0.3, 0.4) is 0 Å². The van der Waals surface area contributed by atoms with Gasteiger partial charge in [-0.3, -0.25) is 0 Å². The van der Waals surface area contributed by atoms with E-state index in [2.05, 4.69) is 158 Å². The van der Waals surface area contributed by atoms with Crippen LogP contribution in [0.5, 0.6) is 0 Å². The van der Waals surface area contributed by atoms with E-state index >= 15 is 0 Å². The zero-order valence-electron chi connectivity index (χ0n) is 25.4. The van der Waals surface area contributed by atoms with E-state index in [1.54, 1.807) is 0 Å². The summed E-state index contributed by atoms with van der Waals surface area (Å²) in [6, 6.07) is 57.9. The molecule has 11 aromatic rings. The molecule has 0 spiro atoms. The van der Waals surface area contributed by atoms with Gasteiger partial charge in [0.1, 0.15) is 11.2 Å². The van der Waals surface area contributed by atoms with E-state index in [0.717, 1.165) is 38.5 Å². The van der Waals surface area contributed by atoms with Crippen molar-refractivity contribution in [3.05, 3.63) is 158 Å². The molecular formula is C46H26O. The summed E-state index contributed by atoms with van der Waals surface area (Å²) in [6.45, 7) is 0. The normalized spacial score (nSPS) is 12.3. The van der Waals surface area contributed by atoms with Crippen LogP contribution >= 0.6 is 0 Å². The number of fused-ring (bicyclic) bond motifs is 8. The van der Waals surface area contributed by atoms with Crippen molar-refractivity contribution < 1.29 is 4.42 Å². The Morgan fingerprint density at radius 3 is 1.70 bits per heavy atom. The Kier molecular flexibility index (Phi) is 4.90. The van der Waals surface area contributed by atoms with Crippen molar-refractivity contribution in [3.63, 3.8) is 0 Å². The molecule has 0 aliphatic carbocycles. The topological polar surface area (TPSA) is 13.1 Å². The van der Waals surface area contributed by atoms with Crippen LogP contribution in [-0.2, 0) is 0 Å². The molecule has 0 N–H and O–H groups in total. The SMILES string of the molecule is c1ccc2c(c1)ccc1ccc(-c3cc(-c4ccc5ccc6cccc7ccc4c5c67)cc4c3oc3c5ccccc5ccc43)cc12. The van der Waals surface area contributed by atoms with Crippen LogP contribution in [0.15, 0.2) is 162 Å². The number of furan rings is 1. The van der Waals surface area contributed by atoms with Gasteiger partial charge in [-0.25, -0.2) is 0 Å². The van der Waals surface area contributed by atoms with Crippen molar-refractivity contribution in [1.29, 1.82) is 0 Å². The summed E-state index contributed by atoms with van der Waals surface area (Å²) < 4.78 is 6.92. The van der Waals surface area contributed by atoms with E-state index in [1.165, 1.54) is 70.4 Å². The first kappa shape index (κ1) is 25.1. The number of rotatable bonds is 2. The van der Waals surface area contributed by atoms with Gasteiger partial charge in [-0.05, 0) is 100 Å². The highest BCUT2D eigenvalue weighted by molar-refractivity contribution is 6.26. The zero-order chi connectivity index (χ0) is 30.6. The van der Waals surface area contributed by atoms with Gasteiger partial charge in [0, 0.05) is 21.7 Å². The minimum atomic E-state index is 0.928. The van der Waals surface area contributed by atoms with Crippen molar-refractivity contribution in [3.8, 4) is 22.3 Å². The molecule has 0 bridgehead atoms. The van der Waals surface area contributed by atoms with Gasteiger partial charge in [0.2, 0.25) is 0 Å². The van der Waals surface area contributed by atoms with Gasteiger partial charge >= 0.3 is 0 Å². The third-order valence-electron chi connectivity index (χ3n) is 10.4. The minimum Gasteiger partial charge on any atom is -0.455 e. The lowest BCUT2D eigenvalue weighted by Crippen LogP contribution is -1.89. The second kappa shape index (κ2) is 9.19. The molecule has 0 amide bonds. The van der Waals surface area contributed by atoms with Gasteiger partial charge < -0.3 is 4.42 Å². The Hall–Kier alpha value is -6.18. The molecule has 47 heavy (non-hydrogen) atoms. The Balaban J connectivity index is 1.27. The summed E-state index contributed by atoms with van der Waals surface area (Å²) in [4.78, 5) is 0. The average molecular weight is 595 g/mol. The van der Waals surface area contributed by atoms with Crippen molar-refractivity contribution in [2.75, 3.05) is 0 Å². The van der Waals surface area contributed by atoms with Gasteiger partial charge in [0.05, 0.1) is 0 Å². The molecule has 0 fully saturated rings. The molecule has 0 radical (unpaired) electrons. The fourth-order valence-electron chi connectivity index (χ4n) is 8.13. The van der Waals surface area contributed by atoms with Crippen LogP contribution < -0.4 is 0 Å². The van der Waals surface area contributed by atoms with E-state index in [-0.39, 0.29) is 0 Å². The van der Waals surface area contributed by atoms with Gasteiger partial charge in [-0.2, -0.15) is 0 Å². The zero-order valence-corrected chi connectivity index (χ0v) is 25.4. The van der Waals surface area contributed by atoms with E-state index in [1.807, 2.05) is 0 Å². The lowest BCUT2D eigenvalue weighted by atomic mass is 9.88. The molecule has 1 heteroatoms. The Bertz CT molecular complexity index is 3050. The first-order valence-electron chi connectivity index (χ1n) is 16.3. The molecule has 1 heterocycles. The molecule has 0 atom stereocenters. The molecule has 11 rings (SSSR count). The van der Waals surface area contributed by atoms with Gasteiger partial charge in [0.25, 0.3) is 0 Å². The summed E-state index contributed by atoms with van der Waals surface area (Å²) in [7, 11) is 0. The number of benzene rings is 10. The first-order valence-corrected chi connectivity index (χ1v) is 16.3. The largest absolute Gasteiger partial charge is 0.455 e. The van der Waals surface area contributed by atoms with Crippen molar-refractivity contribution in [2.45, 2.75) is 0 Å². The minimum absolute atomic E-state index is 0.928. The summed E-state index contributed by atoms with van der Waals surface area (Å²) >= 11 is 0. The molecule has 216 valence electrons. The van der Waals surface area contributed by atoms with E-state index < -0.39 is 0 Å². The van der Waals surface area contributed by atoms with Crippen LogP contribution in [0.25, 0.3) is 109 Å². The maximum atomic E-state index is 6.92. The fraction of sp³-hybridized carbons (Fsp3) is 0. The Morgan fingerprint density at radius 1 is 0.277 bits per heavy atom. The number of hydrogen-bond acceptors (Lipinski definition) is 1. The summed E-state index contributed by atoms with van der Waals surface area (Å²) in [5, 5.41) is 17.4. The molecule has 0 unspecified atom stereocenters. The number of hydrogen-bond donors (Lipinski definition) is 0. The average Bonchev–Trinajstić information content (AvgIpc) is 3.52. The monoisotopic (exact) mass is 594 g/mol. The Morgan fingerprint density at radius 2 is 0.851 bits per heavy atom. The molecule has 1 aromatic heterocycles. The van der Waals surface area contributed by atoms with Crippen LogP contribution in [-0.4, -0.2) is 0 Å². The molecule has 10 aromatic carbocycles. The smallest absolute Gasteiger partial charge is 0.143 e. The van der Waals surface area contributed by atoms with Gasteiger partial charge in [0.15, 0.2) is 0 Å². The Labute approximate surface area is 270 Å². The fourth-order valence-corrected chi connectivity index (χ4v) is 8.13. The van der Waals surface area contributed by atoms with E-state index in [0.29, 0.717) is 0 Å². The molecule has 0 saturated carbocycles. The third kappa shape index (κ3) is 3.49. The van der Waals surface area contributed by atoms with Crippen LogP contribution in [0.4, 0.5) is 0 Å².